The summed E-state index contributed by atoms with van der Waals surface area (Å²) >= 11 is 0. The van der Waals surface area contributed by atoms with E-state index in [4.69, 9.17) is 9.47 Å². The van der Waals surface area contributed by atoms with Crippen molar-refractivity contribution in [2.24, 2.45) is 0 Å². The number of carbonyl (C=O) groups is 1. The number of carbonyl (C=O) groups excluding carboxylic acids is 1. The van der Waals surface area contributed by atoms with E-state index in [0.29, 0.717) is 35.6 Å². The maximum atomic E-state index is 13.1. The zero-order valence-corrected chi connectivity index (χ0v) is 13.6. The first-order valence-corrected chi connectivity index (χ1v) is 7.27. The second kappa shape index (κ2) is 7.09. The standard InChI is InChI=1S/C17H18F3NO3/c1-11-8-13(10-22)12(2)21(11)15-9-14(17(18,19)20)4-5-16(15)24-7-6-23-3/h4-5,8-10H,6-7H2,1-3H3. The third-order valence-corrected chi connectivity index (χ3v) is 3.67. The molecule has 4 nitrogen and oxygen atoms in total. The van der Waals surface area contributed by atoms with Crippen molar-refractivity contribution in [3.05, 3.63) is 46.8 Å². The maximum absolute atomic E-state index is 13.1. The Labute approximate surface area is 137 Å². The van der Waals surface area contributed by atoms with Gasteiger partial charge in [-0.2, -0.15) is 13.2 Å². The summed E-state index contributed by atoms with van der Waals surface area (Å²) in [5.74, 6) is 0.291. The van der Waals surface area contributed by atoms with Gasteiger partial charge in [0.25, 0.3) is 0 Å². The molecular formula is C17H18F3NO3. The second-order valence-corrected chi connectivity index (χ2v) is 5.30. The van der Waals surface area contributed by atoms with Gasteiger partial charge in [-0.3, -0.25) is 4.79 Å². The number of nitrogens with zero attached hydrogens (tertiary/aromatic N) is 1. The summed E-state index contributed by atoms with van der Waals surface area (Å²) in [4.78, 5) is 11.1. The number of aryl methyl sites for hydroxylation is 1. The van der Waals surface area contributed by atoms with Crippen molar-refractivity contribution in [2.45, 2.75) is 20.0 Å². The van der Waals surface area contributed by atoms with Crippen LogP contribution in [0.5, 0.6) is 5.75 Å². The first-order valence-electron chi connectivity index (χ1n) is 7.27. The van der Waals surface area contributed by atoms with Crippen molar-refractivity contribution >= 4 is 6.29 Å². The third-order valence-electron chi connectivity index (χ3n) is 3.67. The average Bonchev–Trinajstić information content (AvgIpc) is 2.81. The SMILES string of the molecule is COCCOc1ccc(C(F)(F)F)cc1-n1c(C)cc(C=O)c1C. The molecule has 0 fully saturated rings. The minimum atomic E-state index is -4.47. The molecule has 0 bridgehead atoms. The first-order chi connectivity index (χ1) is 11.3. The molecule has 7 heteroatoms. The van der Waals surface area contributed by atoms with E-state index in [0.717, 1.165) is 12.1 Å². The Balaban J connectivity index is 2.59. The molecule has 1 heterocycles. The highest BCUT2D eigenvalue weighted by molar-refractivity contribution is 5.78. The monoisotopic (exact) mass is 341 g/mol. The molecule has 0 aliphatic heterocycles. The van der Waals surface area contributed by atoms with Gasteiger partial charge in [0.1, 0.15) is 12.4 Å². The summed E-state index contributed by atoms with van der Waals surface area (Å²) in [6.07, 6.45) is -3.79. The number of hydrogen-bond acceptors (Lipinski definition) is 3. The van der Waals surface area contributed by atoms with E-state index in [1.54, 1.807) is 24.5 Å². The number of alkyl halides is 3. The fourth-order valence-electron chi connectivity index (χ4n) is 2.50. The highest BCUT2D eigenvalue weighted by atomic mass is 19.4. The zero-order chi connectivity index (χ0) is 17.9. The first kappa shape index (κ1) is 18.1. The molecule has 130 valence electrons. The van der Waals surface area contributed by atoms with E-state index in [9.17, 15) is 18.0 Å². The van der Waals surface area contributed by atoms with Gasteiger partial charge in [-0.25, -0.2) is 0 Å². The van der Waals surface area contributed by atoms with Gasteiger partial charge in [0.2, 0.25) is 0 Å². The van der Waals surface area contributed by atoms with Gasteiger partial charge in [0.05, 0.1) is 17.9 Å². The van der Waals surface area contributed by atoms with Gasteiger partial charge >= 0.3 is 6.18 Å². The number of ether oxygens (including phenoxy) is 2. The van der Waals surface area contributed by atoms with Crippen molar-refractivity contribution in [3.8, 4) is 11.4 Å². The number of halogens is 3. The van der Waals surface area contributed by atoms with Gasteiger partial charge in [-0.1, -0.05) is 0 Å². The summed E-state index contributed by atoms with van der Waals surface area (Å²) in [5, 5.41) is 0. The summed E-state index contributed by atoms with van der Waals surface area (Å²) in [6, 6.07) is 4.91. The Hall–Kier alpha value is -2.28. The number of methoxy groups -OCH3 is 1. The van der Waals surface area contributed by atoms with E-state index in [1.807, 2.05) is 0 Å². The normalized spacial score (nSPS) is 11.6. The molecule has 2 aromatic rings. The Morgan fingerprint density at radius 1 is 1.17 bits per heavy atom. The predicted octanol–water partition coefficient (Wildman–Crippen LogP) is 3.95. The van der Waals surface area contributed by atoms with Crippen LogP contribution in [0.15, 0.2) is 24.3 Å². The smallest absolute Gasteiger partial charge is 0.416 e. The Kier molecular flexibility index (Phi) is 5.33. The molecule has 0 unspecified atom stereocenters. The van der Waals surface area contributed by atoms with Crippen LogP contribution in [0.1, 0.15) is 27.3 Å². The summed E-state index contributed by atoms with van der Waals surface area (Å²) in [6.45, 7) is 3.91. The Morgan fingerprint density at radius 3 is 2.42 bits per heavy atom. The van der Waals surface area contributed by atoms with E-state index in [1.165, 1.54) is 13.2 Å². The minimum absolute atomic E-state index is 0.203. The summed E-state index contributed by atoms with van der Waals surface area (Å²) in [7, 11) is 1.51. The van der Waals surface area contributed by atoms with Crippen molar-refractivity contribution in [1.82, 2.24) is 4.57 Å². The van der Waals surface area contributed by atoms with Crippen LogP contribution in [0, 0.1) is 13.8 Å². The van der Waals surface area contributed by atoms with Crippen LogP contribution in [0.2, 0.25) is 0 Å². The highest BCUT2D eigenvalue weighted by Crippen LogP contribution is 2.35. The number of rotatable bonds is 6. The van der Waals surface area contributed by atoms with Crippen LogP contribution in [0.3, 0.4) is 0 Å². The highest BCUT2D eigenvalue weighted by Gasteiger charge is 2.31. The molecular weight excluding hydrogens is 323 g/mol. The number of aromatic nitrogens is 1. The Bertz CT molecular complexity index is 735. The molecule has 0 spiro atoms. The van der Waals surface area contributed by atoms with Crippen molar-refractivity contribution in [3.63, 3.8) is 0 Å². The average molecular weight is 341 g/mol. The molecule has 0 saturated heterocycles. The molecule has 0 aliphatic carbocycles. The Morgan fingerprint density at radius 2 is 1.88 bits per heavy atom. The molecule has 2 rings (SSSR count). The molecule has 0 N–H and O–H groups in total. The lowest BCUT2D eigenvalue weighted by Crippen LogP contribution is -2.11. The van der Waals surface area contributed by atoms with E-state index >= 15 is 0 Å². The lowest BCUT2D eigenvalue weighted by Gasteiger charge is -2.18. The van der Waals surface area contributed by atoms with Crippen LogP contribution >= 0.6 is 0 Å². The number of aldehydes is 1. The van der Waals surface area contributed by atoms with Crippen LogP contribution < -0.4 is 4.74 Å². The van der Waals surface area contributed by atoms with Gasteiger partial charge in [-0.15, -0.1) is 0 Å². The van der Waals surface area contributed by atoms with Crippen LogP contribution in [-0.2, 0) is 10.9 Å². The molecule has 1 aromatic heterocycles. The topological polar surface area (TPSA) is 40.5 Å². The van der Waals surface area contributed by atoms with Crippen LogP contribution in [0.25, 0.3) is 5.69 Å². The fourth-order valence-corrected chi connectivity index (χ4v) is 2.50. The van der Waals surface area contributed by atoms with Crippen molar-refractivity contribution in [1.29, 1.82) is 0 Å². The molecule has 24 heavy (non-hydrogen) atoms. The molecule has 0 radical (unpaired) electrons. The molecule has 0 aliphatic rings. The van der Waals surface area contributed by atoms with Crippen molar-refractivity contribution in [2.75, 3.05) is 20.3 Å². The van der Waals surface area contributed by atoms with Crippen LogP contribution in [0.4, 0.5) is 13.2 Å². The number of benzene rings is 1. The summed E-state index contributed by atoms with van der Waals surface area (Å²) < 4.78 is 51.2. The van der Waals surface area contributed by atoms with Gasteiger partial charge in [-0.05, 0) is 38.1 Å². The fraction of sp³-hybridized carbons (Fsp3) is 0.353. The molecule has 0 atom stereocenters. The zero-order valence-electron chi connectivity index (χ0n) is 13.6. The molecule has 1 aromatic carbocycles. The van der Waals surface area contributed by atoms with E-state index in [2.05, 4.69) is 0 Å². The quantitative estimate of drug-likeness (QED) is 0.590. The maximum Gasteiger partial charge on any atom is 0.416 e. The largest absolute Gasteiger partial charge is 0.489 e. The second-order valence-electron chi connectivity index (χ2n) is 5.30. The summed E-state index contributed by atoms with van der Waals surface area (Å²) in [5.41, 5.74) is 1.08. The number of hydrogen-bond donors (Lipinski definition) is 0. The lowest BCUT2D eigenvalue weighted by atomic mass is 10.1. The minimum Gasteiger partial charge on any atom is -0.489 e. The molecule has 0 amide bonds. The third kappa shape index (κ3) is 3.62. The van der Waals surface area contributed by atoms with Crippen LogP contribution in [-0.4, -0.2) is 31.2 Å². The predicted molar refractivity (Wildman–Crippen MR) is 83.0 cm³/mol. The lowest BCUT2D eigenvalue weighted by molar-refractivity contribution is -0.137. The molecule has 0 saturated carbocycles. The van der Waals surface area contributed by atoms with E-state index in [-0.39, 0.29) is 12.3 Å². The van der Waals surface area contributed by atoms with Gasteiger partial charge in [0.15, 0.2) is 6.29 Å². The van der Waals surface area contributed by atoms with Gasteiger partial charge in [0, 0.05) is 24.1 Å². The van der Waals surface area contributed by atoms with Crippen molar-refractivity contribution < 1.29 is 27.4 Å². The van der Waals surface area contributed by atoms with Gasteiger partial charge < -0.3 is 14.0 Å². The van der Waals surface area contributed by atoms with E-state index < -0.39 is 11.7 Å².